The van der Waals surface area contributed by atoms with E-state index in [1.165, 1.54) is 0 Å². The van der Waals surface area contributed by atoms with Crippen molar-refractivity contribution in [3.05, 3.63) is 60.7 Å². The van der Waals surface area contributed by atoms with Crippen LogP contribution < -0.4 is 9.47 Å². The van der Waals surface area contributed by atoms with Crippen LogP contribution in [0.15, 0.2) is 55.1 Å². The number of ether oxygens (including phenoxy) is 2. The number of hydrogen-bond acceptors (Lipinski definition) is 3. The smallest absolute Gasteiger partial charge is 0.169 e. The van der Waals surface area contributed by atoms with Crippen LogP contribution >= 0.6 is 0 Å². The Labute approximate surface area is 119 Å². The molecule has 1 N–H and O–H groups in total. The van der Waals surface area contributed by atoms with E-state index in [1.807, 2.05) is 37.3 Å². The minimum Gasteiger partial charge on any atom is -0.504 e. The van der Waals surface area contributed by atoms with Crippen molar-refractivity contribution >= 4 is 0 Å². The zero-order valence-corrected chi connectivity index (χ0v) is 11.7. The lowest BCUT2D eigenvalue weighted by Crippen LogP contribution is -1.94. The average molecular weight is 270 g/mol. The van der Waals surface area contributed by atoms with Gasteiger partial charge in [-0.15, -0.1) is 6.58 Å². The Hall–Kier alpha value is -2.42. The molecule has 0 amide bonds. The van der Waals surface area contributed by atoms with Crippen LogP contribution in [0.5, 0.6) is 23.0 Å². The second-order valence-electron chi connectivity index (χ2n) is 4.47. The fourth-order valence-corrected chi connectivity index (χ4v) is 1.94. The normalized spacial score (nSPS) is 11.7. The zero-order chi connectivity index (χ0) is 14.5. The van der Waals surface area contributed by atoms with Crippen molar-refractivity contribution in [2.45, 2.75) is 12.8 Å². The maximum Gasteiger partial charge on any atom is 0.169 e. The van der Waals surface area contributed by atoms with Crippen LogP contribution in [-0.2, 0) is 0 Å². The monoisotopic (exact) mass is 270 g/mol. The van der Waals surface area contributed by atoms with Gasteiger partial charge in [0.05, 0.1) is 7.11 Å². The van der Waals surface area contributed by atoms with Crippen LogP contribution in [0, 0.1) is 0 Å². The van der Waals surface area contributed by atoms with Gasteiger partial charge in [-0.25, -0.2) is 0 Å². The number of methoxy groups -OCH3 is 1. The molecule has 3 heteroatoms. The molecule has 2 aromatic carbocycles. The first-order valence-electron chi connectivity index (χ1n) is 6.42. The molecule has 20 heavy (non-hydrogen) atoms. The van der Waals surface area contributed by atoms with Gasteiger partial charge in [0.25, 0.3) is 0 Å². The van der Waals surface area contributed by atoms with Crippen LogP contribution in [0.2, 0.25) is 0 Å². The van der Waals surface area contributed by atoms with E-state index in [2.05, 4.69) is 6.58 Å². The molecule has 3 nitrogen and oxygen atoms in total. The van der Waals surface area contributed by atoms with Crippen LogP contribution in [-0.4, -0.2) is 12.2 Å². The van der Waals surface area contributed by atoms with Crippen molar-refractivity contribution in [1.82, 2.24) is 0 Å². The first kappa shape index (κ1) is 14.0. The van der Waals surface area contributed by atoms with Gasteiger partial charge in [0.1, 0.15) is 0 Å². The molecule has 1 unspecified atom stereocenters. The number of para-hydroxylation sites is 3. The van der Waals surface area contributed by atoms with E-state index < -0.39 is 0 Å². The van der Waals surface area contributed by atoms with Crippen LogP contribution in [0.1, 0.15) is 18.4 Å². The number of benzene rings is 2. The van der Waals surface area contributed by atoms with Gasteiger partial charge in [-0.05, 0) is 18.2 Å². The maximum absolute atomic E-state index is 10.3. The largest absolute Gasteiger partial charge is 0.504 e. The highest BCUT2D eigenvalue weighted by molar-refractivity contribution is 5.51. The summed E-state index contributed by atoms with van der Waals surface area (Å²) in [7, 11) is 1.58. The number of allylic oxidation sites excluding steroid dienone is 1. The molecule has 0 aliphatic carbocycles. The second-order valence-corrected chi connectivity index (χ2v) is 4.47. The van der Waals surface area contributed by atoms with Gasteiger partial charge in [-0.1, -0.05) is 37.3 Å². The number of aromatic hydroxyl groups is 1. The van der Waals surface area contributed by atoms with Crippen molar-refractivity contribution in [3.63, 3.8) is 0 Å². The Bertz CT molecular complexity index is 605. The summed E-state index contributed by atoms with van der Waals surface area (Å²) in [4.78, 5) is 0. The molecule has 0 saturated heterocycles. The van der Waals surface area contributed by atoms with E-state index in [1.54, 1.807) is 25.3 Å². The molecule has 104 valence electrons. The van der Waals surface area contributed by atoms with E-state index in [9.17, 15) is 5.11 Å². The summed E-state index contributed by atoms with van der Waals surface area (Å²) in [5.74, 6) is 1.77. The molecule has 0 aromatic heterocycles. The topological polar surface area (TPSA) is 38.7 Å². The zero-order valence-electron chi connectivity index (χ0n) is 11.7. The van der Waals surface area contributed by atoms with E-state index in [-0.39, 0.29) is 11.7 Å². The van der Waals surface area contributed by atoms with Gasteiger partial charge >= 0.3 is 0 Å². The van der Waals surface area contributed by atoms with Gasteiger partial charge in [0, 0.05) is 11.5 Å². The minimum absolute atomic E-state index is 0.0521. The van der Waals surface area contributed by atoms with E-state index >= 15 is 0 Å². The van der Waals surface area contributed by atoms with Crippen molar-refractivity contribution in [1.29, 1.82) is 0 Å². The standard InChI is InChI=1S/C17H18O3/c1-4-12(2)13-8-7-11-16(17(13)18)20-15-10-6-5-9-14(15)19-3/h4-12,18H,1H2,2-3H3. The number of rotatable bonds is 5. The summed E-state index contributed by atoms with van der Waals surface area (Å²) in [5, 5.41) is 10.3. The Morgan fingerprint density at radius 2 is 1.70 bits per heavy atom. The molecule has 1 atom stereocenters. The molecule has 0 spiro atoms. The van der Waals surface area contributed by atoms with E-state index in [4.69, 9.17) is 9.47 Å². The molecule has 2 aromatic rings. The highest BCUT2D eigenvalue weighted by atomic mass is 16.5. The Balaban J connectivity index is 2.37. The summed E-state index contributed by atoms with van der Waals surface area (Å²) in [6.45, 7) is 5.71. The summed E-state index contributed by atoms with van der Waals surface area (Å²) < 4.78 is 11.0. The summed E-state index contributed by atoms with van der Waals surface area (Å²) in [6.07, 6.45) is 1.78. The minimum atomic E-state index is 0.0521. The van der Waals surface area contributed by atoms with Crippen LogP contribution in [0.3, 0.4) is 0 Å². The van der Waals surface area contributed by atoms with E-state index in [0.29, 0.717) is 17.2 Å². The van der Waals surface area contributed by atoms with Gasteiger partial charge < -0.3 is 14.6 Å². The third kappa shape index (κ3) is 2.77. The molecule has 2 rings (SSSR count). The number of hydrogen-bond donors (Lipinski definition) is 1. The first-order chi connectivity index (χ1) is 9.67. The van der Waals surface area contributed by atoms with Gasteiger partial charge in [-0.3, -0.25) is 0 Å². The maximum atomic E-state index is 10.3. The second kappa shape index (κ2) is 6.15. The highest BCUT2D eigenvalue weighted by Gasteiger charge is 2.14. The summed E-state index contributed by atoms with van der Waals surface area (Å²) >= 11 is 0. The fraction of sp³-hybridized carbons (Fsp3) is 0.176. The highest BCUT2D eigenvalue weighted by Crippen LogP contribution is 2.39. The lowest BCUT2D eigenvalue weighted by molar-refractivity contribution is 0.365. The molecule has 0 radical (unpaired) electrons. The lowest BCUT2D eigenvalue weighted by Gasteiger charge is -2.14. The van der Waals surface area contributed by atoms with Gasteiger partial charge in [0.2, 0.25) is 0 Å². The fourth-order valence-electron chi connectivity index (χ4n) is 1.94. The quantitative estimate of drug-likeness (QED) is 0.814. The van der Waals surface area contributed by atoms with Crippen molar-refractivity contribution in [2.75, 3.05) is 7.11 Å². The molecular formula is C17H18O3. The predicted molar refractivity (Wildman–Crippen MR) is 79.8 cm³/mol. The molecule has 0 aliphatic heterocycles. The van der Waals surface area contributed by atoms with Gasteiger partial charge in [0.15, 0.2) is 23.0 Å². The average Bonchev–Trinajstić information content (AvgIpc) is 2.49. The summed E-state index contributed by atoms with van der Waals surface area (Å²) in [5.41, 5.74) is 0.785. The number of phenolic OH excluding ortho intramolecular Hbond substituents is 1. The molecule has 0 bridgehead atoms. The van der Waals surface area contributed by atoms with Crippen molar-refractivity contribution in [3.8, 4) is 23.0 Å². The first-order valence-corrected chi connectivity index (χ1v) is 6.42. The van der Waals surface area contributed by atoms with Crippen molar-refractivity contribution < 1.29 is 14.6 Å². The predicted octanol–water partition coefficient (Wildman–Crippen LogP) is 4.48. The third-order valence-corrected chi connectivity index (χ3v) is 3.16. The van der Waals surface area contributed by atoms with E-state index in [0.717, 1.165) is 5.56 Å². The number of phenols is 1. The molecule has 0 heterocycles. The SMILES string of the molecule is C=CC(C)c1cccc(Oc2ccccc2OC)c1O. The third-order valence-electron chi connectivity index (χ3n) is 3.16. The Morgan fingerprint density at radius 3 is 2.35 bits per heavy atom. The molecule has 0 aliphatic rings. The molecule has 0 saturated carbocycles. The van der Waals surface area contributed by atoms with Crippen LogP contribution in [0.25, 0.3) is 0 Å². The lowest BCUT2D eigenvalue weighted by atomic mass is 10.00. The Kier molecular flexibility index (Phi) is 4.31. The van der Waals surface area contributed by atoms with Gasteiger partial charge in [-0.2, -0.15) is 0 Å². The summed E-state index contributed by atoms with van der Waals surface area (Å²) in [6, 6.07) is 12.7. The molecule has 0 fully saturated rings. The molecular weight excluding hydrogens is 252 g/mol. The van der Waals surface area contributed by atoms with Crippen molar-refractivity contribution in [2.24, 2.45) is 0 Å². The Morgan fingerprint density at radius 1 is 1.05 bits per heavy atom. The van der Waals surface area contributed by atoms with Crippen LogP contribution in [0.4, 0.5) is 0 Å².